The predicted molar refractivity (Wildman–Crippen MR) is 94.7 cm³/mol. The summed E-state index contributed by atoms with van der Waals surface area (Å²) in [6, 6.07) is 9.27. The van der Waals surface area contributed by atoms with Crippen LogP contribution in [-0.2, 0) is 6.42 Å². The minimum absolute atomic E-state index is 0.286. The molecule has 1 aliphatic rings. The van der Waals surface area contributed by atoms with Crippen molar-refractivity contribution in [1.82, 2.24) is 10.2 Å². The van der Waals surface area contributed by atoms with Gasteiger partial charge in [0, 0.05) is 16.1 Å². The van der Waals surface area contributed by atoms with E-state index in [1.54, 1.807) is 0 Å². The first-order chi connectivity index (χ1) is 9.98. The highest BCUT2D eigenvalue weighted by Crippen LogP contribution is 2.38. The standard InChI is InChI=1S/C18H29BrN2/c1-14-9-11-18(12-10-14,21(3)4)17(20-2)13-15-5-7-16(19)8-6-15/h5-8,14,17,20H,9-13H2,1-4H3. The van der Waals surface area contributed by atoms with Gasteiger partial charge >= 0.3 is 0 Å². The van der Waals surface area contributed by atoms with Crippen LogP contribution in [0.3, 0.4) is 0 Å². The first kappa shape index (κ1) is 17.0. The minimum Gasteiger partial charge on any atom is -0.315 e. The number of likely N-dealkylation sites (N-methyl/N-ethyl adjacent to an activating group) is 2. The third-order valence-corrected chi connectivity index (χ3v) is 5.91. The molecule has 0 heterocycles. The van der Waals surface area contributed by atoms with E-state index in [1.165, 1.54) is 31.2 Å². The number of hydrogen-bond acceptors (Lipinski definition) is 2. The highest BCUT2D eigenvalue weighted by Gasteiger charge is 2.42. The molecule has 1 aromatic rings. The summed E-state index contributed by atoms with van der Waals surface area (Å²) in [5, 5.41) is 3.62. The van der Waals surface area contributed by atoms with E-state index < -0.39 is 0 Å². The van der Waals surface area contributed by atoms with E-state index in [0.717, 1.165) is 16.8 Å². The van der Waals surface area contributed by atoms with E-state index in [1.807, 2.05) is 0 Å². The van der Waals surface area contributed by atoms with Crippen LogP contribution >= 0.6 is 15.9 Å². The van der Waals surface area contributed by atoms with Crippen molar-refractivity contribution in [3.63, 3.8) is 0 Å². The lowest BCUT2D eigenvalue weighted by molar-refractivity contribution is 0.0461. The number of benzene rings is 1. The second-order valence-corrected chi connectivity index (χ2v) is 7.77. The van der Waals surface area contributed by atoms with Crippen molar-refractivity contribution in [2.75, 3.05) is 21.1 Å². The first-order valence-corrected chi connectivity index (χ1v) is 8.86. The molecule has 3 heteroatoms. The van der Waals surface area contributed by atoms with Crippen molar-refractivity contribution in [3.8, 4) is 0 Å². The molecule has 0 spiro atoms. The van der Waals surface area contributed by atoms with Gasteiger partial charge in [-0.2, -0.15) is 0 Å². The molecule has 1 N–H and O–H groups in total. The number of nitrogens with one attached hydrogen (secondary N) is 1. The molecule has 0 bridgehead atoms. The third kappa shape index (κ3) is 3.88. The van der Waals surface area contributed by atoms with E-state index in [0.29, 0.717) is 6.04 Å². The molecule has 21 heavy (non-hydrogen) atoms. The second-order valence-electron chi connectivity index (χ2n) is 6.85. The van der Waals surface area contributed by atoms with E-state index in [4.69, 9.17) is 0 Å². The zero-order valence-corrected chi connectivity index (χ0v) is 15.4. The highest BCUT2D eigenvalue weighted by molar-refractivity contribution is 9.10. The largest absolute Gasteiger partial charge is 0.315 e. The van der Waals surface area contributed by atoms with Gasteiger partial charge in [0.2, 0.25) is 0 Å². The maximum absolute atomic E-state index is 3.62. The van der Waals surface area contributed by atoms with Crippen LogP contribution < -0.4 is 5.32 Å². The highest BCUT2D eigenvalue weighted by atomic mass is 79.9. The van der Waals surface area contributed by atoms with Crippen molar-refractivity contribution in [3.05, 3.63) is 34.3 Å². The van der Waals surface area contributed by atoms with Crippen LogP contribution in [-0.4, -0.2) is 37.6 Å². The Kier molecular flexibility index (Phi) is 5.87. The average molecular weight is 353 g/mol. The summed E-state index contributed by atoms with van der Waals surface area (Å²) in [5.41, 5.74) is 1.70. The van der Waals surface area contributed by atoms with Crippen LogP contribution in [0.4, 0.5) is 0 Å². The molecular formula is C18H29BrN2. The van der Waals surface area contributed by atoms with Crippen molar-refractivity contribution >= 4 is 15.9 Å². The predicted octanol–water partition coefficient (Wildman–Crippen LogP) is 4.09. The van der Waals surface area contributed by atoms with E-state index in [-0.39, 0.29) is 5.54 Å². The Morgan fingerprint density at radius 2 is 1.81 bits per heavy atom. The Hall–Kier alpha value is -0.380. The maximum atomic E-state index is 3.62. The van der Waals surface area contributed by atoms with Gasteiger partial charge in [0.05, 0.1) is 0 Å². The monoisotopic (exact) mass is 352 g/mol. The summed E-state index contributed by atoms with van der Waals surface area (Å²) in [6.45, 7) is 2.39. The fourth-order valence-electron chi connectivity index (χ4n) is 3.79. The topological polar surface area (TPSA) is 15.3 Å². The maximum Gasteiger partial charge on any atom is 0.0359 e. The first-order valence-electron chi connectivity index (χ1n) is 8.07. The SMILES string of the molecule is CNC(Cc1ccc(Br)cc1)C1(N(C)C)CCC(C)CC1. The van der Waals surface area contributed by atoms with Gasteiger partial charge in [0.25, 0.3) is 0 Å². The zero-order chi connectivity index (χ0) is 15.5. The minimum atomic E-state index is 0.286. The summed E-state index contributed by atoms with van der Waals surface area (Å²) in [4.78, 5) is 2.47. The number of halogens is 1. The van der Waals surface area contributed by atoms with Crippen molar-refractivity contribution in [2.24, 2.45) is 5.92 Å². The summed E-state index contributed by atoms with van der Waals surface area (Å²) in [6.07, 6.45) is 6.37. The van der Waals surface area contributed by atoms with Crippen LogP contribution in [0.15, 0.2) is 28.7 Å². The molecule has 0 saturated heterocycles. The van der Waals surface area contributed by atoms with E-state index in [2.05, 4.69) is 78.5 Å². The number of nitrogens with zero attached hydrogens (tertiary/aromatic N) is 1. The molecule has 0 aliphatic heterocycles. The average Bonchev–Trinajstić information content (AvgIpc) is 2.48. The summed E-state index contributed by atoms with van der Waals surface area (Å²) in [5.74, 6) is 0.878. The van der Waals surface area contributed by atoms with Crippen LogP contribution in [0, 0.1) is 5.92 Å². The second kappa shape index (κ2) is 7.26. The lowest BCUT2D eigenvalue weighted by Gasteiger charge is -2.50. The molecule has 0 aromatic heterocycles. The summed E-state index contributed by atoms with van der Waals surface area (Å²) < 4.78 is 1.15. The van der Waals surface area contributed by atoms with Crippen molar-refractivity contribution in [2.45, 2.75) is 50.6 Å². The third-order valence-electron chi connectivity index (χ3n) is 5.38. The molecule has 0 radical (unpaired) electrons. The molecule has 1 unspecified atom stereocenters. The van der Waals surface area contributed by atoms with Crippen LogP contribution in [0.5, 0.6) is 0 Å². The number of rotatable bonds is 5. The van der Waals surface area contributed by atoms with Crippen molar-refractivity contribution in [1.29, 1.82) is 0 Å². The summed E-state index contributed by atoms with van der Waals surface area (Å²) >= 11 is 3.52. The lowest BCUT2D eigenvalue weighted by atomic mass is 9.70. The lowest BCUT2D eigenvalue weighted by Crippen LogP contribution is -2.60. The van der Waals surface area contributed by atoms with Gasteiger partial charge in [-0.1, -0.05) is 35.0 Å². The Balaban J connectivity index is 2.18. The molecule has 1 fully saturated rings. The molecule has 1 aliphatic carbocycles. The molecule has 2 rings (SSSR count). The van der Waals surface area contributed by atoms with Crippen LogP contribution in [0.25, 0.3) is 0 Å². The van der Waals surface area contributed by atoms with Gasteiger partial charge in [-0.25, -0.2) is 0 Å². The van der Waals surface area contributed by atoms with E-state index in [9.17, 15) is 0 Å². The smallest absolute Gasteiger partial charge is 0.0359 e. The molecule has 1 aromatic carbocycles. The molecular weight excluding hydrogens is 324 g/mol. The molecule has 2 nitrogen and oxygen atoms in total. The molecule has 1 saturated carbocycles. The van der Waals surface area contributed by atoms with Gasteiger partial charge in [-0.05, 0) is 76.9 Å². The van der Waals surface area contributed by atoms with Gasteiger partial charge < -0.3 is 10.2 Å². The van der Waals surface area contributed by atoms with E-state index >= 15 is 0 Å². The fraction of sp³-hybridized carbons (Fsp3) is 0.667. The number of hydrogen-bond donors (Lipinski definition) is 1. The molecule has 118 valence electrons. The van der Waals surface area contributed by atoms with Gasteiger partial charge in [-0.15, -0.1) is 0 Å². The van der Waals surface area contributed by atoms with Gasteiger partial charge in [0.15, 0.2) is 0 Å². The Labute approximate surface area is 138 Å². The van der Waals surface area contributed by atoms with Gasteiger partial charge in [-0.3, -0.25) is 0 Å². The molecule has 0 amide bonds. The quantitative estimate of drug-likeness (QED) is 0.858. The fourth-order valence-corrected chi connectivity index (χ4v) is 4.05. The zero-order valence-electron chi connectivity index (χ0n) is 13.8. The summed E-state index contributed by atoms with van der Waals surface area (Å²) in [7, 11) is 6.62. The van der Waals surface area contributed by atoms with Gasteiger partial charge in [0.1, 0.15) is 0 Å². The van der Waals surface area contributed by atoms with Crippen molar-refractivity contribution < 1.29 is 0 Å². The Morgan fingerprint density at radius 1 is 1.24 bits per heavy atom. The molecule has 1 atom stereocenters. The Bertz CT molecular complexity index is 433. The normalized spacial score (nSPS) is 27.8. The Morgan fingerprint density at radius 3 is 2.29 bits per heavy atom. The van der Waals surface area contributed by atoms with Crippen LogP contribution in [0.2, 0.25) is 0 Å². The van der Waals surface area contributed by atoms with Crippen LogP contribution in [0.1, 0.15) is 38.2 Å².